The zero-order valence-electron chi connectivity index (χ0n) is 19.2. The zero-order chi connectivity index (χ0) is 24.2. The minimum atomic E-state index is -0.251. The van der Waals surface area contributed by atoms with Gasteiger partial charge in [0.2, 0.25) is 0 Å². The lowest BCUT2D eigenvalue weighted by molar-refractivity contribution is 0.0729. The molecule has 0 saturated carbocycles. The number of fused-ring (bicyclic) bond motifs is 1. The highest BCUT2D eigenvalue weighted by molar-refractivity contribution is 7.09. The fourth-order valence-corrected chi connectivity index (χ4v) is 5.44. The standard InChI is InChI=1S/C28H25ClFN3OS/c29-24-7-3-4-21(14-24)16-32(15-20-8-10-25(30)11-9-20)18-27-31-26(19-35-27)28(34)33-13-12-22-5-1-2-6-23(22)17-33/h1-11,14,19H,12-13,15-18H2. The zero-order valence-corrected chi connectivity index (χ0v) is 20.7. The number of nitrogens with zero attached hydrogens (tertiary/aromatic N) is 3. The Kier molecular flexibility index (Phi) is 7.23. The van der Waals surface area contributed by atoms with Gasteiger partial charge in [-0.25, -0.2) is 9.37 Å². The summed E-state index contributed by atoms with van der Waals surface area (Å²) >= 11 is 7.69. The predicted octanol–water partition coefficient (Wildman–Crippen LogP) is 6.34. The normalized spacial score (nSPS) is 13.2. The average molecular weight is 506 g/mol. The van der Waals surface area contributed by atoms with Gasteiger partial charge in [0.1, 0.15) is 16.5 Å². The van der Waals surface area contributed by atoms with Gasteiger partial charge >= 0.3 is 0 Å². The first-order valence-corrected chi connectivity index (χ1v) is 12.8. The molecule has 0 N–H and O–H groups in total. The van der Waals surface area contributed by atoms with Crippen LogP contribution in [-0.4, -0.2) is 27.2 Å². The van der Waals surface area contributed by atoms with Gasteiger partial charge in [0.05, 0.1) is 6.54 Å². The lowest BCUT2D eigenvalue weighted by Crippen LogP contribution is -2.36. The summed E-state index contributed by atoms with van der Waals surface area (Å²) in [5.41, 5.74) is 5.10. The summed E-state index contributed by atoms with van der Waals surface area (Å²) < 4.78 is 13.4. The fraction of sp³-hybridized carbons (Fsp3) is 0.214. The highest BCUT2D eigenvalue weighted by atomic mass is 35.5. The number of carbonyl (C=O) groups is 1. The molecule has 0 spiro atoms. The highest BCUT2D eigenvalue weighted by Gasteiger charge is 2.23. The Hall–Kier alpha value is -3.06. The molecular formula is C28H25ClFN3OS. The molecule has 0 unspecified atom stereocenters. The van der Waals surface area contributed by atoms with Crippen LogP contribution in [-0.2, 0) is 32.6 Å². The largest absolute Gasteiger partial charge is 0.333 e. The van der Waals surface area contributed by atoms with Gasteiger partial charge < -0.3 is 4.90 Å². The topological polar surface area (TPSA) is 36.4 Å². The molecule has 0 aliphatic carbocycles. The Balaban J connectivity index is 1.30. The Morgan fingerprint density at radius 1 is 0.971 bits per heavy atom. The maximum atomic E-state index is 13.4. The van der Waals surface area contributed by atoms with Gasteiger partial charge in [0, 0.05) is 36.6 Å². The van der Waals surface area contributed by atoms with Crippen molar-refractivity contribution < 1.29 is 9.18 Å². The maximum absolute atomic E-state index is 13.4. The number of carbonyl (C=O) groups excluding carboxylic acids is 1. The molecule has 2 heterocycles. The molecule has 0 atom stereocenters. The number of amides is 1. The summed E-state index contributed by atoms with van der Waals surface area (Å²) in [5, 5.41) is 3.41. The van der Waals surface area contributed by atoms with E-state index in [0.29, 0.717) is 43.4 Å². The lowest BCUT2D eigenvalue weighted by Gasteiger charge is -2.28. The molecule has 1 aliphatic rings. The van der Waals surface area contributed by atoms with Crippen molar-refractivity contribution in [2.45, 2.75) is 32.6 Å². The molecule has 0 fully saturated rings. The molecule has 0 saturated heterocycles. The van der Waals surface area contributed by atoms with E-state index in [-0.39, 0.29) is 11.7 Å². The second-order valence-corrected chi connectivity index (χ2v) is 10.2. The third-order valence-electron chi connectivity index (χ3n) is 6.16. The van der Waals surface area contributed by atoms with Crippen molar-refractivity contribution in [3.8, 4) is 0 Å². The smallest absolute Gasteiger partial charge is 0.273 e. The quantitative estimate of drug-likeness (QED) is 0.294. The number of aromatic nitrogens is 1. The van der Waals surface area contributed by atoms with E-state index >= 15 is 0 Å². The molecule has 0 radical (unpaired) electrons. The summed E-state index contributed by atoms with van der Waals surface area (Å²) in [4.78, 5) is 22.0. The van der Waals surface area contributed by atoms with Crippen molar-refractivity contribution in [1.82, 2.24) is 14.8 Å². The monoisotopic (exact) mass is 505 g/mol. The Bertz CT molecular complexity index is 1320. The minimum Gasteiger partial charge on any atom is -0.333 e. The summed E-state index contributed by atoms with van der Waals surface area (Å²) in [6.45, 7) is 3.18. The Morgan fingerprint density at radius 3 is 2.54 bits per heavy atom. The highest BCUT2D eigenvalue weighted by Crippen LogP contribution is 2.23. The van der Waals surface area contributed by atoms with Crippen LogP contribution in [0.15, 0.2) is 78.2 Å². The van der Waals surface area contributed by atoms with Crippen molar-refractivity contribution in [2.24, 2.45) is 0 Å². The van der Waals surface area contributed by atoms with Crippen molar-refractivity contribution >= 4 is 28.8 Å². The van der Waals surface area contributed by atoms with Gasteiger partial charge in [-0.15, -0.1) is 11.3 Å². The summed E-state index contributed by atoms with van der Waals surface area (Å²) in [5.74, 6) is -0.277. The van der Waals surface area contributed by atoms with E-state index in [2.05, 4.69) is 17.0 Å². The second-order valence-electron chi connectivity index (χ2n) is 8.77. The van der Waals surface area contributed by atoms with Crippen LogP contribution in [0, 0.1) is 5.82 Å². The summed E-state index contributed by atoms with van der Waals surface area (Å²) in [6.07, 6.45) is 0.865. The second kappa shape index (κ2) is 10.7. The van der Waals surface area contributed by atoms with Crippen LogP contribution in [0.25, 0.3) is 0 Å². The van der Waals surface area contributed by atoms with E-state index in [1.54, 1.807) is 12.1 Å². The van der Waals surface area contributed by atoms with Crippen LogP contribution < -0.4 is 0 Å². The van der Waals surface area contributed by atoms with Gasteiger partial charge in [0.25, 0.3) is 5.91 Å². The van der Waals surface area contributed by atoms with E-state index in [1.807, 2.05) is 46.7 Å². The molecule has 5 rings (SSSR count). The van der Waals surface area contributed by atoms with E-state index < -0.39 is 0 Å². The summed E-state index contributed by atoms with van der Waals surface area (Å²) in [6, 6.07) is 22.6. The van der Waals surface area contributed by atoms with Crippen LogP contribution in [0.4, 0.5) is 4.39 Å². The first-order valence-electron chi connectivity index (χ1n) is 11.6. The molecule has 4 aromatic rings. The van der Waals surface area contributed by atoms with Gasteiger partial charge in [-0.3, -0.25) is 9.69 Å². The van der Waals surface area contributed by atoms with Crippen LogP contribution in [0.5, 0.6) is 0 Å². The first kappa shape index (κ1) is 23.7. The molecule has 1 aliphatic heterocycles. The van der Waals surface area contributed by atoms with Crippen molar-refractivity contribution in [2.75, 3.05) is 6.54 Å². The fourth-order valence-electron chi connectivity index (χ4n) is 4.41. The molecule has 7 heteroatoms. The van der Waals surface area contributed by atoms with Crippen molar-refractivity contribution in [1.29, 1.82) is 0 Å². The number of thiazole rings is 1. The van der Waals surface area contributed by atoms with E-state index in [0.717, 1.165) is 22.6 Å². The van der Waals surface area contributed by atoms with Gasteiger partial charge in [-0.2, -0.15) is 0 Å². The predicted molar refractivity (Wildman–Crippen MR) is 138 cm³/mol. The van der Waals surface area contributed by atoms with Gasteiger partial charge in [-0.05, 0) is 52.9 Å². The molecule has 0 bridgehead atoms. The van der Waals surface area contributed by atoms with Crippen LogP contribution in [0.1, 0.15) is 37.7 Å². The Labute approximate surface area is 213 Å². The number of rotatable bonds is 7. The van der Waals surface area contributed by atoms with Crippen LogP contribution >= 0.6 is 22.9 Å². The van der Waals surface area contributed by atoms with E-state index in [1.165, 1.54) is 34.6 Å². The third-order valence-corrected chi connectivity index (χ3v) is 7.23. The molecule has 4 nitrogen and oxygen atoms in total. The van der Waals surface area contributed by atoms with Crippen LogP contribution in [0.2, 0.25) is 5.02 Å². The molecular weight excluding hydrogens is 481 g/mol. The van der Waals surface area contributed by atoms with E-state index in [9.17, 15) is 9.18 Å². The number of hydrogen-bond donors (Lipinski definition) is 0. The molecule has 1 amide bonds. The molecule has 178 valence electrons. The molecule has 1 aromatic heterocycles. The van der Waals surface area contributed by atoms with Gasteiger partial charge in [0.15, 0.2) is 0 Å². The maximum Gasteiger partial charge on any atom is 0.273 e. The third kappa shape index (κ3) is 5.96. The van der Waals surface area contributed by atoms with Gasteiger partial charge in [-0.1, -0.05) is 60.1 Å². The minimum absolute atomic E-state index is 0.0260. The number of benzene rings is 3. The number of halogens is 2. The molecule has 3 aromatic carbocycles. The van der Waals surface area contributed by atoms with Crippen molar-refractivity contribution in [3.05, 3.63) is 122 Å². The Morgan fingerprint density at radius 2 is 1.74 bits per heavy atom. The average Bonchev–Trinajstić information content (AvgIpc) is 3.33. The summed E-state index contributed by atoms with van der Waals surface area (Å²) in [7, 11) is 0. The number of hydrogen-bond acceptors (Lipinski definition) is 4. The molecule has 35 heavy (non-hydrogen) atoms. The SMILES string of the molecule is O=C(c1csc(CN(Cc2ccc(F)cc2)Cc2cccc(Cl)c2)n1)N1CCc2ccccc2C1. The van der Waals surface area contributed by atoms with Crippen LogP contribution in [0.3, 0.4) is 0 Å². The lowest BCUT2D eigenvalue weighted by atomic mass is 10.00. The van der Waals surface area contributed by atoms with Crippen molar-refractivity contribution in [3.63, 3.8) is 0 Å². The first-order chi connectivity index (χ1) is 17.0. The van der Waals surface area contributed by atoms with E-state index in [4.69, 9.17) is 16.6 Å².